The number of aryl methyl sites for hydroxylation is 4. The second kappa shape index (κ2) is 18.5. The van der Waals surface area contributed by atoms with Crippen LogP contribution in [0, 0.1) is 45.1 Å². The van der Waals surface area contributed by atoms with Gasteiger partial charge in [0, 0.05) is 87.5 Å². The lowest BCUT2D eigenvalue weighted by Crippen LogP contribution is -2.47. The van der Waals surface area contributed by atoms with Crippen LogP contribution in [0.2, 0.25) is 0 Å². The van der Waals surface area contributed by atoms with Crippen LogP contribution in [-0.2, 0) is 0 Å². The summed E-state index contributed by atoms with van der Waals surface area (Å²) in [5, 5.41) is 21.6. The molecule has 3 N–H and O–H groups in total. The number of ether oxygens (including phenoxy) is 2. The molecule has 0 spiro atoms. The van der Waals surface area contributed by atoms with Gasteiger partial charge in [-0.3, -0.25) is 9.59 Å². The van der Waals surface area contributed by atoms with Crippen LogP contribution in [-0.4, -0.2) is 117 Å². The molecule has 2 aromatic carbocycles. The van der Waals surface area contributed by atoms with Crippen LogP contribution >= 0.6 is 0 Å². The standard InChI is InChI=1S/C23H24FN5O4.C13H9F2NO4.C10H16N4/c1-12-8-13(2)26-23(25-12)28-6-4-27(5-7-28)19-17(24)9-15-18-21(19)33-11-14(3)29(18)10-16(20(15)30)22(31)32;1-5-4-20-12-9(15)8(14)2-6-10(12)16(5)3-7(11(6)17)13(18)19;1-8-7-9(2)13-10(12-8)14-5-3-11-4-6-14/h8-10,14H,4-7,11H2,1-3H3,(H,31,32);2-3,5H,4H2,1H3,(H,18,19);7,11H,3-6H2,1-2H3/t14-;5-;/m00./s1. The van der Waals surface area contributed by atoms with Crippen molar-refractivity contribution in [2.45, 2.75) is 53.6 Å². The SMILES string of the molecule is C[C@H]1COc2c(F)c(F)cc3c(=O)c(C(=O)O)cn1c23.Cc1cc(C)nc(N2CCN(c3c(F)cc4c(=O)c(C(=O)O)cn5c4c3OC[C@@H]5C)CC2)n1.Cc1cc(C)nc(N2CCNCC2)n1. The minimum atomic E-state index is -1.41. The molecule has 352 valence electrons. The molecule has 0 bridgehead atoms. The molecule has 10 rings (SSSR count). The summed E-state index contributed by atoms with van der Waals surface area (Å²) in [6, 6.07) is 5.28. The van der Waals surface area contributed by atoms with Gasteiger partial charge >= 0.3 is 11.9 Å². The molecule has 18 nitrogen and oxygen atoms in total. The normalized spacial score (nSPS) is 17.5. The number of pyridine rings is 2. The Kier molecular flexibility index (Phi) is 12.8. The van der Waals surface area contributed by atoms with Gasteiger partial charge in [0.25, 0.3) is 0 Å². The predicted molar refractivity (Wildman–Crippen MR) is 243 cm³/mol. The Morgan fingerprint density at radius 1 is 0.612 bits per heavy atom. The Bertz CT molecular complexity index is 3040. The van der Waals surface area contributed by atoms with E-state index in [2.05, 4.69) is 35.1 Å². The van der Waals surface area contributed by atoms with E-state index < -0.39 is 45.8 Å². The van der Waals surface area contributed by atoms with E-state index in [0.717, 1.165) is 67.2 Å². The van der Waals surface area contributed by atoms with Gasteiger partial charge in [0.2, 0.25) is 28.6 Å². The number of hydrogen-bond donors (Lipinski definition) is 3. The zero-order valence-corrected chi connectivity index (χ0v) is 37.7. The van der Waals surface area contributed by atoms with E-state index >= 15 is 4.39 Å². The van der Waals surface area contributed by atoms with E-state index in [-0.39, 0.29) is 58.6 Å². The minimum absolute atomic E-state index is 0.0139. The molecule has 21 heteroatoms. The lowest BCUT2D eigenvalue weighted by molar-refractivity contribution is 0.0683. The molecule has 8 heterocycles. The highest BCUT2D eigenvalue weighted by atomic mass is 19.2. The quantitative estimate of drug-likeness (QED) is 0.209. The van der Waals surface area contributed by atoms with Crippen LogP contribution in [0.4, 0.5) is 30.8 Å². The van der Waals surface area contributed by atoms with E-state index in [1.165, 1.54) is 10.8 Å². The molecule has 4 aliphatic rings. The first-order valence-corrected chi connectivity index (χ1v) is 21.7. The third-order valence-electron chi connectivity index (χ3n) is 11.9. The fraction of sp³-hybridized carbons (Fsp3) is 0.391. The first kappa shape index (κ1) is 46.2. The zero-order chi connectivity index (χ0) is 48.0. The first-order valence-electron chi connectivity index (χ1n) is 21.7. The van der Waals surface area contributed by atoms with Gasteiger partial charge in [0.1, 0.15) is 30.0 Å². The molecule has 6 aromatic rings. The van der Waals surface area contributed by atoms with E-state index in [1.807, 2.05) is 51.7 Å². The Morgan fingerprint density at radius 2 is 1.01 bits per heavy atom. The fourth-order valence-electron chi connectivity index (χ4n) is 8.70. The molecule has 2 saturated heterocycles. The monoisotopic (exact) mass is 926 g/mol. The van der Waals surface area contributed by atoms with Crippen molar-refractivity contribution in [2.24, 2.45) is 0 Å². The van der Waals surface area contributed by atoms with Gasteiger partial charge in [0.05, 0.1) is 33.9 Å². The number of carbonyl (C=O) groups is 2. The maximum absolute atomic E-state index is 15.4. The van der Waals surface area contributed by atoms with Crippen molar-refractivity contribution in [2.75, 3.05) is 80.3 Å². The number of halogens is 3. The average molecular weight is 927 g/mol. The summed E-state index contributed by atoms with van der Waals surface area (Å²) in [5.74, 6) is -4.30. The number of rotatable bonds is 5. The highest BCUT2D eigenvalue weighted by molar-refractivity contribution is 5.97. The van der Waals surface area contributed by atoms with Crippen LogP contribution < -0.4 is 40.3 Å². The Balaban J connectivity index is 0.000000151. The minimum Gasteiger partial charge on any atom is -0.487 e. The molecule has 2 atom stereocenters. The number of nitrogens with zero attached hydrogens (tertiary/aromatic N) is 9. The fourth-order valence-corrected chi connectivity index (χ4v) is 8.70. The van der Waals surface area contributed by atoms with Crippen LogP contribution in [0.1, 0.15) is 69.4 Å². The molecule has 0 radical (unpaired) electrons. The van der Waals surface area contributed by atoms with Crippen LogP contribution in [0.5, 0.6) is 11.5 Å². The smallest absolute Gasteiger partial charge is 0.341 e. The Morgan fingerprint density at radius 3 is 1.48 bits per heavy atom. The summed E-state index contributed by atoms with van der Waals surface area (Å²) < 4.78 is 56.9. The number of anilines is 3. The number of piperazine rings is 2. The highest BCUT2D eigenvalue weighted by Crippen LogP contribution is 2.42. The van der Waals surface area contributed by atoms with E-state index in [9.17, 15) is 33.1 Å². The van der Waals surface area contributed by atoms with Gasteiger partial charge < -0.3 is 48.8 Å². The number of hydrogen-bond acceptors (Lipinski definition) is 14. The van der Waals surface area contributed by atoms with Gasteiger partial charge in [-0.2, -0.15) is 4.39 Å². The van der Waals surface area contributed by atoms with Crippen molar-refractivity contribution < 1.29 is 42.4 Å². The number of carboxylic acid groups (broad SMARTS) is 2. The lowest BCUT2D eigenvalue weighted by Gasteiger charge is -2.38. The molecule has 0 unspecified atom stereocenters. The van der Waals surface area contributed by atoms with Crippen molar-refractivity contribution >= 4 is 51.3 Å². The van der Waals surface area contributed by atoms with E-state index in [1.54, 1.807) is 11.5 Å². The topological polar surface area (TPSA) is 210 Å². The Labute approximate surface area is 381 Å². The maximum Gasteiger partial charge on any atom is 0.341 e. The van der Waals surface area contributed by atoms with Gasteiger partial charge in [-0.05, 0) is 65.8 Å². The number of aromatic carboxylic acids is 2. The summed E-state index contributed by atoms with van der Waals surface area (Å²) >= 11 is 0. The second-order valence-corrected chi connectivity index (χ2v) is 16.9. The van der Waals surface area contributed by atoms with Gasteiger partial charge in [-0.25, -0.2) is 38.3 Å². The highest BCUT2D eigenvalue weighted by Gasteiger charge is 2.32. The summed E-state index contributed by atoms with van der Waals surface area (Å²) in [6.45, 7) is 18.1. The molecule has 0 amide bonds. The average Bonchev–Trinajstić information content (AvgIpc) is 3.28. The Hall–Kier alpha value is -7.29. The molecule has 2 fully saturated rings. The maximum atomic E-state index is 15.4. The van der Waals surface area contributed by atoms with Crippen molar-refractivity contribution in [3.8, 4) is 11.5 Å². The number of carboxylic acids is 2. The molecule has 0 aliphatic carbocycles. The van der Waals surface area contributed by atoms with Crippen LogP contribution in [0.15, 0.2) is 46.2 Å². The predicted octanol–water partition coefficient (Wildman–Crippen LogP) is 4.96. The van der Waals surface area contributed by atoms with E-state index in [4.69, 9.17) is 14.6 Å². The lowest BCUT2D eigenvalue weighted by atomic mass is 10.1. The summed E-state index contributed by atoms with van der Waals surface area (Å²) in [7, 11) is 0. The van der Waals surface area contributed by atoms with Crippen LogP contribution in [0.3, 0.4) is 0 Å². The van der Waals surface area contributed by atoms with Crippen molar-refractivity contribution in [1.29, 1.82) is 0 Å². The second-order valence-electron chi connectivity index (χ2n) is 16.9. The molecular formula is C46H49F3N10O8. The third kappa shape index (κ3) is 9.02. The van der Waals surface area contributed by atoms with Gasteiger partial charge in [-0.1, -0.05) is 0 Å². The summed E-state index contributed by atoms with van der Waals surface area (Å²) in [6.07, 6.45) is 2.47. The zero-order valence-electron chi connectivity index (χ0n) is 37.7. The number of aromatic nitrogens is 6. The molecular weight excluding hydrogens is 878 g/mol. The number of benzene rings is 2. The van der Waals surface area contributed by atoms with Crippen molar-refractivity contribution in [1.82, 2.24) is 34.4 Å². The first-order chi connectivity index (χ1) is 31.9. The molecule has 4 aliphatic heterocycles. The number of nitrogens with one attached hydrogen (secondary N) is 1. The van der Waals surface area contributed by atoms with E-state index in [0.29, 0.717) is 49.4 Å². The third-order valence-corrected chi connectivity index (χ3v) is 11.9. The summed E-state index contributed by atoms with van der Waals surface area (Å²) in [5.41, 5.74) is 2.26. The summed E-state index contributed by atoms with van der Waals surface area (Å²) in [4.78, 5) is 71.6. The van der Waals surface area contributed by atoms with Gasteiger partial charge in [-0.15, -0.1) is 0 Å². The van der Waals surface area contributed by atoms with Crippen molar-refractivity contribution in [3.05, 3.63) is 108 Å². The van der Waals surface area contributed by atoms with Crippen LogP contribution in [0.25, 0.3) is 21.8 Å². The largest absolute Gasteiger partial charge is 0.487 e. The molecule has 4 aromatic heterocycles. The molecule has 67 heavy (non-hydrogen) atoms. The van der Waals surface area contributed by atoms with Gasteiger partial charge in [0.15, 0.2) is 23.1 Å². The van der Waals surface area contributed by atoms with Crippen molar-refractivity contribution in [3.63, 3.8) is 0 Å². The molecule has 0 saturated carbocycles.